The van der Waals surface area contributed by atoms with Crippen molar-refractivity contribution in [2.45, 2.75) is 11.4 Å². The van der Waals surface area contributed by atoms with Gasteiger partial charge in [-0.25, -0.2) is 8.42 Å². The monoisotopic (exact) mass is 303 g/mol. The predicted octanol–water partition coefficient (Wildman–Crippen LogP) is 1.83. The number of hydrogen-bond acceptors (Lipinski definition) is 7. The third-order valence-electron chi connectivity index (χ3n) is 2.35. The summed E-state index contributed by atoms with van der Waals surface area (Å²) in [6, 6.07) is 3.97. The number of hydrogen-bond donors (Lipinski definition) is 1. The number of nitrogens with zero attached hydrogens (tertiary/aromatic N) is 2. The van der Waals surface area contributed by atoms with Crippen molar-refractivity contribution in [3.8, 4) is 0 Å². The summed E-state index contributed by atoms with van der Waals surface area (Å²) in [5.74, 6) is 0.0792. The normalized spacial score (nSPS) is 11.7. The average Bonchev–Trinajstić information content (AvgIpc) is 2.85. The van der Waals surface area contributed by atoms with Gasteiger partial charge in [-0.3, -0.25) is 0 Å². The number of rotatable bonds is 4. The van der Waals surface area contributed by atoms with Gasteiger partial charge in [0.25, 0.3) is 0 Å². The Bertz CT molecular complexity index is 631. The highest BCUT2D eigenvalue weighted by atomic mass is 32.2. The zero-order chi connectivity index (χ0) is 13.3. The second kappa shape index (κ2) is 4.87. The molecule has 98 valence electrons. The van der Waals surface area contributed by atoms with Gasteiger partial charge in [0.2, 0.25) is 0 Å². The molecule has 0 aliphatic carbocycles. The number of thiophene rings is 1. The highest BCUT2D eigenvalue weighted by Crippen LogP contribution is 2.34. The van der Waals surface area contributed by atoms with E-state index in [1.807, 2.05) is 29.5 Å². The maximum atomic E-state index is 11.7. The average molecular weight is 303 g/mol. The van der Waals surface area contributed by atoms with Crippen LogP contribution in [0, 0.1) is 0 Å². The SMILES string of the molecule is CN(Cc1cccs1)c1snc(N)c1S(C)(=O)=O. The highest BCUT2D eigenvalue weighted by Gasteiger charge is 2.23. The zero-order valence-corrected chi connectivity index (χ0v) is 12.4. The molecule has 18 heavy (non-hydrogen) atoms. The van der Waals surface area contributed by atoms with Gasteiger partial charge in [0, 0.05) is 18.2 Å². The van der Waals surface area contributed by atoms with E-state index < -0.39 is 9.84 Å². The molecule has 0 atom stereocenters. The van der Waals surface area contributed by atoms with E-state index >= 15 is 0 Å². The molecule has 2 aromatic rings. The Balaban J connectivity index is 2.34. The van der Waals surface area contributed by atoms with Crippen molar-refractivity contribution >= 4 is 43.5 Å². The molecule has 0 saturated carbocycles. The van der Waals surface area contributed by atoms with Crippen LogP contribution >= 0.6 is 22.9 Å². The number of aromatic nitrogens is 1. The van der Waals surface area contributed by atoms with E-state index in [2.05, 4.69) is 4.37 Å². The summed E-state index contributed by atoms with van der Waals surface area (Å²) in [5.41, 5.74) is 5.63. The van der Waals surface area contributed by atoms with Gasteiger partial charge in [-0.1, -0.05) is 6.07 Å². The van der Waals surface area contributed by atoms with Crippen LogP contribution in [0.4, 0.5) is 10.8 Å². The van der Waals surface area contributed by atoms with Crippen LogP contribution in [0.1, 0.15) is 4.88 Å². The number of nitrogen functional groups attached to an aromatic ring is 1. The van der Waals surface area contributed by atoms with Gasteiger partial charge in [-0.2, -0.15) is 4.37 Å². The molecule has 0 saturated heterocycles. The Labute approximate surface area is 114 Å². The van der Waals surface area contributed by atoms with Crippen molar-refractivity contribution in [3.63, 3.8) is 0 Å². The minimum absolute atomic E-state index is 0.0792. The highest BCUT2D eigenvalue weighted by molar-refractivity contribution is 7.91. The van der Waals surface area contributed by atoms with E-state index in [-0.39, 0.29) is 10.7 Å². The van der Waals surface area contributed by atoms with Gasteiger partial charge < -0.3 is 10.6 Å². The molecule has 0 radical (unpaired) electrons. The molecule has 0 aromatic carbocycles. The second-order valence-corrected chi connectivity index (χ2v) is 7.65. The summed E-state index contributed by atoms with van der Waals surface area (Å²) in [6.07, 6.45) is 1.15. The van der Waals surface area contributed by atoms with Crippen LogP contribution in [0.3, 0.4) is 0 Å². The van der Waals surface area contributed by atoms with Gasteiger partial charge in [0.1, 0.15) is 9.90 Å². The van der Waals surface area contributed by atoms with Gasteiger partial charge in [0.15, 0.2) is 15.7 Å². The zero-order valence-electron chi connectivity index (χ0n) is 9.95. The van der Waals surface area contributed by atoms with Crippen molar-refractivity contribution in [1.29, 1.82) is 0 Å². The van der Waals surface area contributed by atoms with Crippen LogP contribution < -0.4 is 10.6 Å². The van der Waals surface area contributed by atoms with Gasteiger partial charge >= 0.3 is 0 Å². The first-order chi connectivity index (χ1) is 8.39. The second-order valence-electron chi connectivity index (χ2n) is 3.91. The van der Waals surface area contributed by atoms with Gasteiger partial charge in [0.05, 0.1) is 6.54 Å². The standard InChI is InChI=1S/C10H13N3O2S3/c1-13(6-7-4-3-5-16-7)10-8(18(2,14)15)9(11)12-17-10/h3-5H,6H2,1-2H3,(H2,11,12). The fourth-order valence-electron chi connectivity index (χ4n) is 1.58. The Hall–Kier alpha value is -1.12. The Morgan fingerprint density at radius 1 is 1.50 bits per heavy atom. The van der Waals surface area contributed by atoms with Crippen molar-refractivity contribution in [1.82, 2.24) is 4.37 Å². The first-order valence-corrected chi connectivity index (χ1v) is 8.62. The van der Waals surface area contributed by atoms with Gasteiger partial charge in [-0.05, 0) is 23.0 Å². The first-order valence-electron chi connectivity index (χ1n) is 5.08. The van der Waals surface area contributed by atoms with E-state index in [0.717, 1.165) is 22.7 Å². The quantitative estimate of drug-likeness (QED) is 0.932. The molecule has 0 fully saturated rings. The van der Waals surface area contributed by atoms with E-state index in [1.54, 1.807) is 11.3 Å². The molecule has 0 aliphatic rings. The lowest BCUT2D eigenvalue weighted by atomic mass is 10.4. The Kier molecular flexibility index (Phi) is 3.60. The molecule has 2 N–H and O–H groups in total. The summed E-state index contributed by atoms with van der Waals surface area (Å²) in [7, 11) is -1.53. The van der Waals surface area contributed by atoms with Crippen LogP contribution in [-0.4, -0.2) is 26.1 Å². The Morgan fingerprint density at radius 3 is 2.78 bits per heavy atom. The molecular formula is C10H13N3O2S3. The van der Waals surface area contributed by atoms with E-state index in [4.69, 9.17) is 5.73 Å². The van der Waals surface area contributed by atoms with Crippen LogP contribution in [0.25, 0.3) is 0 Å². The molecule has 2 aromatic heterocycles. The largest absolute Gasteiger partial charge is 0.382 e. The molecule has 0 spiro atoms. The summed E-state index contributed by atoms with van der Waals surface area (Å²) in [5, 5.41) is 2.57. The summed E-state index contributed by atoms with van der Waals surface area (Å²) in [4.78, 5) is 3.14. The number of anilines is 2. The molecular weight excluding hydrogens is 290 g/mol. The maximum absolute atomic E-state index is 11.7. The van der Waals surface area contributed by atoms with E-state index in [9.17, 15) is 8.42 Å². The third-order valence-corrected chi connectivity index (χ3v) is 5.46. The number of nitrogens with two attached hydrogens (primary N) is 1. The molecule has 0 aliphatic heterocycles. The van der Waals surface area contributed by atoms with Gasteiger partial charge in [-0.15, -0.1) is 11.3 Å². The van der Waals surface area contributed by atoms with Crippen LogP contribution in [0.15, 0.2) is 22.4 Å². The van der Waals surface area contributed by atoms with Crippen molar-refractivity contribution < 1.29 is 8.42 Å². The molecule has 0 bridgehead atoms. The van der Waals surface area contributed by atoms with Crippen molar-refractivity contribution in [2.75, 3.05) is 23.9 Å². The van der Waals surface area contributed by atoms with Crippen molar-refractivity contribution in [2.24, 2.45) is 0 Å². The van der Waals surface area contributed by atoms with Crippen LogP contribution in [-0.2, 0) is 16.4 Å². The minimum atomic E-state index is -3.36. The summed E-state index contributed by atoms with van der Waals surface area (Å²) < 4.78 is 27.3. The summed E-state index contributed by atoms with van der Waals surface area (Å²) >= 11 is 2.74. The molecule has 0 amide bonds. The smallest absolute Gasteiger partial charge is 0.182 e. The predicted molar refractivity (Wildman–Crippen MR) is 76.1 cm³/mol. The lowest BCUT2D eigenvalue weighted by Gasteiger charge is -2.17. The molecule has 5 nitrogen and oxygen atoms in total. The fourth-order valence-corrected chi connectivity index (χ4v) is 4.53. The molecule has 0 unspecified atom stereocenters. The maximum Gasteiger partial charge on any atom is 0.182 e. The van der Waals surface area contributed by atoms with Crippen LogP contribution in [0.5, 0.6) is 0 Å². The third kappa shape index (κ3) is 2.65. The lowest BCUT2D eigenvalue weighted by Crippen LogP contribution is -2.17. The van der Waals surface area contributed by atoms with E-state index in [0.29, 0.717) is 11.5 Å². The molecule has 8 heteroatoms. The molecule has 2 heterocycles. The topological polar surface area (TPSA) is 76.3 Å². The lowest BCUT2D eigenvalue weighted by molar-refractivity contribution is 0.602. The Morgan fingerprint density at radius 2 is 2.22 bits per heavy atom. The fraction of sp³-hybridized carbons (Fsp3) is 0.300. The van der Waals surface area contributed by atoms with E-state index in [1.165, 1.54) is 0 Å². The van der Waals surface area contributed by atoms with Crippen LogP contribution in [0.2, 0.25) is 0 Å². The first kappa shape index (κ1) is 13.3. The number of sulfone groups is 1. The molecule has 2 rings (SSSR count). The van der Waals surface area contributed by atoms with Crippen molar-refractivity contribution in [3.05, 3.63) is 22.4 Å². The minimum Gasteiger partial charge on any atom is -0.382 e. The summed E-state index contributed by atoms with van der Waals surface area (Å²) in [6.45, 7) is 0.641.